The van der Waals surface area contributed by atoms with Crippen molar-refractivity contribution in [1.82, 2.24) is 15.2 Å². The molecule has 0 aliphatic carbocycles. The number of nitrogens with one attached hydrogen (secondary N) is 3. The standard InChI is InChI=1S/C27H30N4O6/c1-27(2,3)37-25(35)22-12-11-21(19-14-28-20-10-5-4-9-18(19)20)31(22)23(32)15-29-26(36)30-17-8-6-7-16(13-17)24(33)34/h4-10,13-14,21-22,28H,11-12,15H2,1-3H3,(H,33,34)(H2,29,30,36). The number of rotatable bonds is 6. The van der Waals surface area contributed by atoms with Gasteiger partial charge in [0, 0.05) is 22.8 Å². The minimum absolute atomic E-state index is 0.0210. The number of ether oxygens (including phenoxy) is 1. The van der Waals surface area contributed by atoms with E-state index >= 15 is 0 Å². The van der Waals surface area contributed by atoms with Gasteiger partial charge in [0.2, 0.25) is 5.91 Å². The number of H-pyrrole nitrogens is 1. The topological polar surface area (TPSA) is 141 Å². The lowest BCUT2D eigenvalue weighted by atomic mass is 10.0. The largest absolute Gasteiger partial charge is 0.478 e. The van der Waals surface area contributed by atoms with Gasteiger partial charge in [-0.1, -0.05) is 24.3 Å². The van der Waals surface area contributed by atoms with Crippen molar-refractivity contribution in [3.8, 4) is 0 Å². The lowest BCUT2D eigenvalue weighted by Crippen LogP contribution is -2.48. The van der Waals surface area contributed by atoms with E-state index in [1.807, 2.05) is 30.5 Å². The number of benzene rings is 2. The highest BCUT2D eigenvalue weighted by atomic mass is 16.6. The van der Waals surface area contributed by atoms with E-state index in [0.717, 1.165) is 16.5 Å². The fourth-order valence-corrected chi connectivity index (χ4v) is 4.59. The van der Waals surface area contributed by atoms with Crippen molar-refractivity contribution < 1.29 is 29.0 Å². The summed E-state index contributed by atoms with van der Waals surface area (Å²) >= 11 is 0. The maximum atomic E-state index is 13.5. The van der Waals surface area contributed by atoms with Crippen LogP contribution in [0.5, 0.6) is 0 Å². The molecule has 1 aromatic heterocycles. The zero-order chi connectivity index (χ0) is 26.7. The third-order valence-electron chi connectivity index (χ3n) is 6.10. The predicted molar refractivity (Wildman–Crippen MR) is 137 cm³/mol. The van der Waals surface area contributed by atoms with E-state index in [0.29, 0.717) is 12.8 Å². The van der Waals surface area contributed by atoms with Gasteiger partial charge in [-0.2, -0.15) is 0 Å². The second-order valence-corrected chi connectivity index (χ2v) is 9.93. The third kappa shape index (κ3) is 5.91. The number of urea groups is 1. The van der Waals surface area contributed by atoms with Crippen molar-refractivity contribution in [3.63, 3.8) is 0 Å². The Hall–Kier alpha value is -4.34. The van der Waals surface area contributed by atoms with Gasteiger partial charge >= 0.3 is 18.0 Å². The van der Waals surface area contributed by atoms with Gasteiger partial charge < -0.3 is 30.4 Å². The van der Waals surface area contributed by atoms with Crippen LogP contribution in [0.2, 0.25) is 0 Å². The van der Waals surface area contributed by atoms with Crippen LogP contribution in [-0.2, 0) is 14.3 Å². The monoisotopic (exact) mass is 506 g/mol. The van der Waals surface area contributed by atoms with Gasteiger partial charge in [-0.3, -0.25) is 4.79 Å². The molecular weight excluding hydrogens is 476 g/mol. The molecular formula is C27H30N4O6. The van der Waals surface area contributed by atoms with Crippen LogP contribution in [0.4, 0.5) is 10.5 Å². The molecule has 0 spiro atoms. The van der Waals surface area contributed by atoms with Gasteiger partial charge in [0.05, 0.1) is 18.2 Å². The number of anilines is 1. The highest BCUT2D eigenvalue weighted by Crippen LogP contribution is 2.40. The van der Waals surface area contributed by atoms with E-state index in [4.69, 9.17) is 9.84 Å². The Labute approximate surface area is 214 Å². The SMILES string of the molecule is CC(C)(C)OC(=O)C1CCC(c2c[nH]c3ccccc23)N1C(=O)CNC(=O)Nc1cccc(C(=O)O)c1. The summed E-state index contributed by atoms with van der Waals surface area (Å²) in [6.45, 7) is 4.96. The molecule has 4 N–H and O–H groups in total. The molecule has 2 aromatic carbocycles. The zero-order valence-electron chi connectivity index (χ0n) is 20.9. The summed E-state index contributed by atoms with van der Waals surface area (Å²) in [6.07, 6.45) is 2.84. The van der Waals surface area contributed by atoms with Crippen LogP contribution in [0.1, 0.15) is 55.6 Å². The summed E-state index contributed by atoms with van der Waals surface area (Å²) in [5.74, 6) is -2.04. The maximum absolute atomic E-state index is 13.5. The Morgan fingerprint density at radius 2 is 1.84 bits per heavy atom. The summed E-state index contributed by atoms with van der Waals surface area (Å²) < 4.78 is 5.60. The maximum Gasteiger partial charge on any atom is 0.335 e. The Balaban J connectivity index is 1.52. The fourth-order valence-electron chi connectivity index (χ4n) is 4.59. The Morgan fingerprint density at radius 3 is 2.57 bits per heavy atom. The normalized spacial score (nSPS) is 17.4. The number of likely N-dealkylation sites (tertiary alicyclic amines) is 1. The number of carboxylic acid groups (broad SMARTS) is 1. The molecule has 0 saturated carbocycles. The summed E-state index contributed by atoms with van der Waals surface area (Å²) in [5, 5.41) is 15.1. The molecule has 10 nitrogen and oxygen atoms in total. The highest BCUT2D eigenvalue weighted by molar-refractivity contribution is 5.95. The number of carboxylic acids is 1. The van der Waals surface area contributed by atoms with Crippen molar-refractivity contribution in [2.24, 2.45) is 0 Å². The quantitative estimate of drug-likeness (QED) is 0.372. The lowest BCUT2D eigenvalue weighted by molar-refractivity contribution is -0.164. The molecule has 3 amide bonds. The van der Waals surface area contributed by atoms with Crippen molar-refractivity contribution >= 4 is 40.5 Å². The van der Waals surface area contributed by atoms with Gasteiger partial charge in [-0.15, -0.1) is 0 Å². The number of hydrogen-bond donors (Lipinski definition) is 4. The summed E-state index contributed by atoms with van der Waals surface area (Å²) in [7, 11) is 0. The Morgan fingerprint density at radius 1 is 1.08 bits per heavy atom. The number of hydrogen-bond acceptors (Lipinski definition) is 5. The fraction of sp³-hybridized carbons (Fsp3) is 0.333. The number of nitrogens with zero attached hydrogens (tertiary/aromatic N) is 1. The number of carbonyl (C=O) groups excluding carboxylic acids is 3. The predicted octanol–water partition coefficient (Wildman–Crippen LogP) is 4.06. The van der Waals surface area contributed by atoms with Crippen LogP contribution in [0.15, 0.2) is 54.7 Å². The van der Waals surface area contributed by atoms with Gasteiger partial charge in [-0.25, -0.2) is 14.4 Å². The third-order valence-corrected chi connectivity index (χ3v) is 6.10. The van der Waals surface area contributed by atoms with Crippen LogP contribution < -0.4 is 10.6 Å². The molecule has 2 unspecified atom stereocenters. The number of esters is 1. The van der Waals surface area contributed by atoms with Crippen LogP contribution in [0.25, 0.3) is 10.9 Å². The van der Waals surface area contributed by atoms with Gasteiger partial charge in [0.15, 0.2) is 0 Å². The van der Waals surface area contributed by atoms with Gasteiger partial charge in [-0.05, 0) is 63.4 Å². The highest BCUT2D eigenvalue weighted by Gasteiger charge is 2.44. The number of aromatic amines is 1. The van der Waals surface area contributed by atoms with E-state index in [2.05, 4.69) is 15.6 Å². The van der Waals surface area contributed by atoms with E-state index in [1.165, 1.54) is 23.1 Å². The van der Waals surface area contributed by atoms with E-state index in [-0.39, 0.29) is 23.8 Å². The summed E-state index contributed by atoms with van der Waals surface area (Å²) in [4.78, 5) is 54.9. The van der Waals surface area contributed by atoms with Crippen molar-refractivity contribution in [3.05, 3.63) is 65.9 Å². The van der Waals surface area contributed by atoms with Crippen molar-refractivity contribution in [1.29, 1.82) is 0 Å². The van der Waals surface area contributed by atoms with E-state index in [9.17, 15) is 19.2 Å². The number of amides is 3. The first-order valence-electron chi connectivity index (χ1n) is 12.0. The molecule has 10 heteroatoms. The van der Waals surface area contributed by atoms with Crippen molar-refractivity contribution in [2.45, 2.75) is 51.3 Å². The molecule has 1 aliphatic heterocycles. The minimum atomic E-state index is -1.12. The lowest BCUT2D eigenvalue weighted by Gasteiger charge is -2.31. The van der Waals surface area contributed by atoms with Crippen molar-refractivity contribution in [2.75, 3.05) is 11.9 Å². The number of para-hydroxylation sites is 1. The smallest absolute Gasteiger partial charge is 0.335 e. The molecule has 0 bridgehead atoms. The molecule has 2 heterocycles. The van der Waals surface area contributed by atoms with Crippen LogP contribution >= 0.6 is 0 Å². The molecule has 1 saturated heterocycles. The molecule has 4 rings (SSSR count). The number of fused-ring (bicyclic) bond motifs is 1. The molecule has 37 heavy (non-hydrogen) atoms. The molecule has 1 fully saturated rings. The zero-order valence-corrected chi connectivity index (χ0v) is 20.9. The number of aromatic nitrogens is 1. The summed E-state index contributed by atoms with van der Waals surface area (Å²) in [6, 6.07) is 11.7. The van der Waals surface area contributed by atoms with Gasteiger partial charge in [0.1, 0.15) is 11.6 Å². The second kappa shape index (κ2) is 10.3. The van der Waals surface area contributed by atoms with Gasteiger partial charge in [0.25, 0.3) is 0 Å². The summed E-state index contributed by atoms with van der Waals surface area (Å²) in [5.41, 5.74) is 1.39. The first-order valence-corrected chi connectivity index (χ1v) is 12.0. The molecule has 194 valence electrons. The minimum Gasteiger partial charge on any atom is -0.478 e. The second-order valence-electron chi connectivity index (χ2n) is 9.93. The Kier molecular flexibility index (Phi) is 7.19. The molecule has 0 radical (unpaired) electrons. The Bertz CT molecular complexity index is 1340. The first-order chi connectivity index (χ1) is 17.5. The molecule has 2 atom stereocenters. The van der Waals surface area contributed by atoms with E-state index in [1.54, 1.807) is 26.8 Å². The van der Waals surface area contributed by atoms with Crippen LogP contribution in [0.3, 0.4) is 0 Å². The average molecular weight is 507 g/mol. The number of carbonyl (C=O) groups is 4. The van der Waals surface area contributed by atoms with Crippen LogP contribution in [0, 0.1) is 0 Å². The van der Waals surface area contributed by atoms with E-state index < -0.39 is 35.5 Å². The number of aromatic carboxylic acids is 1. The average Bonchev–Trinajstić information content (AvgIpc) is 3.46. The van der Waals surface area contributed by atoms with Crippen LogP contribution in [-0.4, -0.2) is 57.1 Å². The molecule has 3 aromatic rings. The first kappa shape index (κ1) is 25.7. The molecule has 1 aliphatic rings.